The normalized spacial score (nSPS) is 33.9. The summed E-state index contributed by atoms with van der Waals surface area (Å²) >= 11 is 0. The number of carbonyl (C=O) groups excluding carboxylic acids is 4. The minimum Gasteiger partial charge on any atom is -0.463 e. The van der Waals surface area contributed by atoms with Gasteiger partial charge < -0.3 is 47.4 Å². The Kier molecular flexibility index (Phi) is 10.9. The Morgan fingerprint density at radius 2 is 1.55 bits per heavy atom. The molecule has 2 aromatic rings. The number of benzene rings is 2. The number of rotatable bonds is 10. The van der Waals surface area contributed by atoms with Gasteiger partial charge in [-0.1, -0.05) is 60.7 Å². The van der Waals surface area contributed by atoms with Crippen molar-refractivity contribution in [2.24, 2.45) is 0 Å². The van der Waals surface area contributed by atoms with Crippen LogP contribution >= 0.6 is 0 Å². The first-order valence-corrected chi connectivity index (χ1v) is 15.9. The van der Waals surface area contributed by atoms with Gasteiger partial charge in [-0.15, -0.1) is 0 Å². The Balaban J connectivity index is 1.37. The van der Waals surface area contributed by atoms with Gasteiger partial charge in [-0.25, -0.2) is 9.69 Å². The molecule has 2 aromatic carbocycles. The molecule has 0 aromatic heterocycles. The first-order chi connectivity index (χ1) is 23.6. The molecular weight excluding hydrogens is 646 g/mol. The van der Waals surface area contributed by atoms with E-state index in [9.17, 15) is 19.2 Å². The highest BCUT2D eigenvalue weighted by Crippen LogP contribution is 2.41. The van der Waals surface area contributed by atoms with Crippen molar-refractivity contribution in [1.82, 2.24) is 4.90 Å². The van der Waals surface area contributed by atoms with Crippen LogP contribution in [0.5, 0.6) is 0 Å². The Bertz CT molecular complexity index is 1470. The second kappa shape index (κ2) is 15.3. The molecule has 49 heavy (non-hydrogen) atoms. The van der Waals surface area contributed by atoms with Crippen LogP contribution in [0.25, 0.3) is 0 Å². The average molecular weight is 686 g/mol. The SMILES string of the molecule is CO[C@H]1OC2COC(c3ccccc3)O[C@H]2C(O[C@@H]2OC(COC(C)=O)[C@@H](OC(C)=O)C3OC(=O)N(C(C)=O)C32)C1OCc1ccccc1. The van der Waals surface area contributed by atoms with E-state index < -0.39 is 91.6 Å². The highest BCUT2D eigenvalue weighted by atomic mass is 16.8. The third-order valence-corrected chi connectivity index (χ3v) is 8.60. The van der Waals surface area contributed by atoms with E-state index in [1.54, 1.807) is 0 Å². The molecule has 4 heterocycles. The second-order valence-corrected chi connectivity index (χ2v) is 12.0. The third-order valence-electron chi connectivity index (χ3n) is 8.60. The summed E-state index contributed by atoms with van der Waals surface area (Å²) in [6.07, 6.45) is -11.2. The molecule has 4 fully saturated rings. The van der Waals surface area contributed by atoms with Gasteiger partial charge in [-0.05, 0) is 5.56 Å². The summed E-state index contributed by atoms with van der Waals surface area (Å²) in [7, 11) is 1.46. The molecule has 7 unspecified atom stereocenters. The Morgan fingerprint density at radius 1 is 0.837 bits per heavy atom. The molecule has 264 valence electrons. The summed E-state index contributed by atoms with van der Waals surface area (Å²) in [5.74, 6) is -1.98. The summed E-state index contributed by atoms with van der Waals surface area (Å²) in [4.78, 5) is 50.8. The zero-order chi connectivity index (χ0) is 34.7. The fourth-order valence-corrected chi connectivity index (χ4v) is 6.48. The smallest absolute Gasteiger partial charge is 0.417 e. The standard InChI is InChI=1S/C34H39NO14/c1-18(36)35-25-28(49-34(35)39)26(44-20(3)38)23(16-41-19(2)37)45-32(25)48-29-27-24(17-43-31(47-27)22-13-9-6-10-14-22)46-33(40-4)30(29)42-15-21-11-7-5-8-12-21/h5-14,23-33H,15-17H2,1-4H3/t23?,24?,25?,26-,27-,28?,29?,30?,31?,32+,33+/m1/s1. The van der Waals surface area contributed by atoms with Crippen molar-refractivity contribution in [2.45, 2.75) is 95.0 Å². The van der Waals surface area contributed by atoms with E-state index in [0.717, 1.165) is 16.0 Å². The number of hydrogen-bond acceptors (Lipinski definition) is 14. The van der Waals surface area contributed by atoms with Gasteiger partial charge in [0.1, 0.15) is 43.2 Å². The molecule has 6 rings (SSSR count). The number of carbonyl (C=O) groups is 4. The molecule has 0 bridgehead atoms. The number of amides is 2. The van der Waals surface area contributed by atoms with Crippen LogP contribution in [-0.2, 0) is 68.4 Å². The molecule has 11 atom stereocenters. The minimum absolute atomic E-state index is 0.109. The topological polar surface area (TPSA) is 164 Å². The van der Waals surface area contributed by atoms with Crippen molar-refractivity contribution in [2.75, 3.05) is 20.3 Å². The van der Waals surface area contributed by atoms with Crippen molar-refractivity contribution < 1.29 is 66.5 Å². The van der Waals surface area contributed by atoms with Crippen molar-refractivity contribution in [3.05, 3.63) is 71.8 Å². The second-order valence-electron chi connectivity index (χ2n) is 12.0. The summed E-state index contributed by atoms with van der Waals surface area (Å²) in [6.45, 7) is 3.46. The van der Waals surface area contributed by atoms with Crippen LogP contribution in [0.4, 0.5) is 4.79 Å². The van der Waals surface area contributed by atoms with E-state index in [0.29, 0.717) is 0 Å². The first kappa shape index (κ1) is 34.9. The Hall–Kier alpha value is -3.96. The first-order valence-electron chi connectivity index (χ1n) is 15.9. The molecule has 4 aliphatic rings. The molecule has 4 aliphatic heterocycles. The van der Waals surface area contributed by atoms with Gasteiger partial charge in [0, 0.05) is 33.4 Å². The third kappa shape index (κ3) is 7.62. The number of esters is 2. The van der Waals surface area contributed by atoms with Gasteiger partial charge in [-0.2, -0.15) is 0 Å². The van der Waals surface area contributed by atoms with E-state index in [1.807, 2.05) is 60.7 Å². The zero-order valence-electron chi connectivity index (χ0n) is 27.4. The van der Waals surface area contributed by atoms with E-state index >= 15 is 0 Å². The Morgan fingerprint density at radius 3 is 2.20 bits per heavy atom. The van der Waals surface area contributed by atoms with Gasteiger partial charge >= 0.3 is 18.0 Å². The number of fused-ring (bicyclic) bond motifs is 2. The van der Waals surface area contributed by atoms with Crippen molar-refractivity contribution in [3.63, 3.8) is 0 Å². The van der Waals surface area contributed by atoms with Crippen LogP contribution in [0, 0.1) is 0 Å². The molecule has 4 saturated heterocycles. The predicted molar refractivity (Wildman–Crippen MR) is 163 cm³/mol. The lowest BCUT2D eigenvalue weighted by atomic mass is 9.94. The molecule has 0 aliphatic carbocycles. The fraction of sp³-hybridized carbons (Fsp3) is 0.529. The summed E-state index contributed by atoms with van der Waals surface area (Å²) in [6, 6.07) is 17.6. The molecule has 15 heteroatoms. The van der Waals surface area contributed by atoms with Gasteiger partial charge in [0.2, 0.25) is 5.91 Å². The number of methoxy groups -OCH3 is 1. The van der Waals surface area contributed by atoms with Gasteiger partial charge in [-0.3, -0.25) is 14.4 Å². The lowest BCUT2D eigenvalue weighted by Gasteiger charge is -2.51. The Labute approximate surface area is 282 Å². The number of imide groups is 1. The summed E-state index contributed by atoms with van der Waals surface area (Å²) < 4.78 is 60.5. The maximum atomic E-state index is 13.1. The molecule has 0 spiro atoms. The van der Waals surface area contributed by atoms with Gasteiger partial charge in [0.25, 0.3) is 0 Å². The highest BCUT2D eigenvalue weighted by molar-refractivity contribution is 5.92. The number of ether oxygens (including phenoxy) is 10. The van der Waals surface area contributed by atoms with E-state index in [2.05, 4.69) is 0 Å². The molecular formula is C34H39NO14. The van der Waals surface area contributed by atoms with Crippen LogP contribution in [0.2, 0.25) is 0 Å². The van der Waals surface area contributed by atoms with Crippen LogP contribution < -0.4 is 0 Å². The minimum atomic E-state index is -1.40. The number of nitrogens with zero attached hydrogens (tertiary/aromatic N) is 1. The lowest BCUT2D eigenvalue weighted by Crippen LogP contribution is -2.68. The van der Waals surface area contributed by atoms with Crippen molar-refractivity contribution >= 4 is 23.9 Å². The molecule has 0 N–H and O–H groups in total. The van der Waals surface area contributed by atoms with Gasteiger partial charge in [0.15, 0.2) is 31.1 Å². The predicted octanol–water partition coefficient (Wildman–Crippen LogP) is 2.40. The fourth-order valence-electron chi connectivity index (χ4n) is 6.48. The van der Waals surface area contributed by atoms with E-state index in [4.69, 9.17) is 47.4 Å². The van der Waals surface area contributed by atoms with E-state index in [1.165, 1.54) is 27.9 Å². The molecule has 15 nitrogen and oxygen atoms in total. The van der Waals surface area contributed by atoms with Crippen molar-refractivity contribution in [1.29, 1.82) is 0 Å². The quantitative estimate of drug-likeness (QED) is 0.265. The molecule has 2 amide bonds. The van der Waals surface area contributed by atoms with Gasteiger partial charge in [0.05, 0.1) is 13.2 Å². The molecule has 0 saturated carbocycles. The maximum Gasteiger partial charge on any atom is 0.417 e. The van der Waals surface area contributed by atoms with Crippen LogP contribution in [0.3, 0.4) is 0 Å². The summed E-state index contributed by atoms with van der Waals surface area (Å²) in [5.41, 5.74) is 1.62. The van der Waals surface area contributed by atoms with E-state index in [-0.39, 0.29) is 19.8 Å². The molecule has 0 radical (unpaired) electrons. The summed E-state index contributed by atoms with van der Waals surface area (Å²) in [5, 5.41) is 0. The van der Waals surface area contributed by atoms with Crippen LogP contribution in [0.15, 0.2) is 60.7 Å². The maximum absolute atomic E-state index is 13.1. The number of hydrogen-bond donors (Lipinski definition) is 0. The average Bonchev–Trinajstić information content (AvgIpc) is 3.45. The largest absolute Gasteiger partial charge is 0.463 e. The van der Waals surface area contributed by atoms with Crippen molar-refractivity contribution in [3.8, 4) is 0 Å². The zero-order valence-corrected chi connectivity index (χ0v) is 27.4. The van der Waals surface area contributed by atoms with Crippen LogP contribution in [-0.4, -0.2) is 111 Å². The van der Waals surface area contributed by atoms with Crippen LogP contribution in [0.1, 0.15) is 38.2 Å². The lowest BCUT2D eigenvalue weighted by molar-refractivity contribution is -0.389. The monoisotopic (exact) mass is 685 g/mol. The highest BCUT2D eigenvalue weighted by Gasteiger charge is 2.62.